The Morgan fingerprint density at radius 1 is 1.43 bits per heavy atom. The smallest absolute Gasteiger partial charge is 0.222 e. The molecular weight excluding hydrogens is 332 g/mol. The van der Waals surface area contributed by atoms with Crippen molar-refractivity contribution in [1.29, 1.82) is 0 Å². The number of carbonyl (C=O) groups is 1. The van der Waals surface area contributed by atoms with Gasteiger partial charge in [-0.2, -0.15) is 0 Å². The molecule has 1 aliphatic rings. The van der Waals surface area contributed by atoms with E-state index < -0.39 is 0 Å². The minimum Gasteiger partial charge on any atom is -0.369 e. The normalized spacial score (nSPS) is 22.5. The maximum atomic E-state index is 11.5. The first-order valence-electron chi connectivity index (χ1n) is 7.02. The lowest BCUT2D eigenvalue weighted by atomic mass is 9.92. The third-order valence-electron chi connectivity index (χ3n) is 4.12. The highest BCUT2D eigenvalue weighted by atomic mass is 79.9. The van der Waals surface area contributed by atoms with Gasteiger partial charge in [0.1, 0.15) is 5.52 Å². The highest BCUT2D eigenvalue weighted by molar-refractivity contribution is 9.10. The summed E-state index contributed by atoms with van der Waals surface area (Å²) in [6, 6.07) is 4.27. The van der Waals surface area contributed by atoms with Gasteiger partial charge in [0, 0.05) is 29.5 Å². The fraction of sp³-hybridized carbons (Fsp3) is 0.400. The molecule has 2 atom stereocenters. The number of hydrogen-bond donors (Lipinski definition) is 1. The molecule has 2 N–H and O–H groups in total. The number of amides is 1. The van der Waals surface area contributed by atoms with Gasteiger partial charge in [0.05, 0.1) is 17.1 Å². The van der Waals surface area contributed by atoms with Crippen molar-refractivity contribution in [3.8, 4) is 0 Å². The van der Waals surface area contributed by atoms with Gasteiger partial charge in [0.25, 0.3) is 0 Å². The van der Waals surface area contributed by atoms with E-state index in [2.05, 4.69) is 37.7 Å². The summed E-state index contributed by atoms with van der Waals surface area (Å²) in [5.41, 5.74) is 8.21. The summed E-state index contributed by atoms with van der Waals surface area (Å²) in [5.74, 6) is -0.319. The minimum atomic E-state index is -0.221. The fourth-order valence-corrected chi connectivity index (χ4v) is 3.22. The zero-order chi connectivity index (χ0) is 15.0. The molecule has 1 amide bonds. The molecule has 2 aromatic heterocycles. The van der Waals surface area contributed by atoms with Crippen LogP contribution in [0, 0.1) is 5.92 Å². The molecule has 1 fully saturated rings. The van der Waals surface area contributed by atoms with Gasteiger partial charge in [-0.25, -0.2) is 0 Å². The molecule has 0 bridgehead atoms. The number of aromatic nitrogens is 2. The van der Waals surface area contributed by atoms with E-state index in [9.17, 15) is 4.79 Å². The quantitative estimate of drug-likeness (QED) is 0.904. The zero-order valence-corrected chi connectivity index (χ0v) is 13.4. The van der Waals surface area contributed by atoms with E-state index in [0.29, 0.717) is 12.6 Å². The second kappa shape index (κ2) is 5.60. The van der Waals surface area contributed by atoms with Gasteiger partial charge < -0.3 is 10.6 Å². The lowest BCUT2D eigenvalue weighted by Crippen LogP contribution is -2.46. The van der Waals surface area contributed by atoms with Crippen LogP contribution in [0.25, 0.3) is 11.0 Å². The Balaban J connectivity index is 2.04. The number of rotatable bonds is 2. The molecule has 110 valence electrons. The van der Waals surface area contributed by atoms with Crippen LogP contribution in [0.4, 0.5) is 5.69 Å². The number of hydrogen-bond acceptors (Lipinski definition) is 4. The summed E-state index contributed by atoms with van der Waals surface area (Å²) in [4.78, 5) is 22.6. The second-order valence-corrected chi connectivity index (χ2v) is 6.45. The Labute approximate surface area is 131 Å². The minimum absolute atomic E-state index is 0.0973. The van der Waals surface area contributed by atoms with Crippen LogP contribution in [0.15, 0.2) is 29.0 Å². The highest BCUT2D eigenvalue weighted by Crippen LogP contribution is 2.32. The third kappa shape index (κ3) is 2.72. The fourth-order valence-electron chi connectivity index (χ4n) is 2.90. The van der Waals surface area contributed by atoms with Gasteiger partial charge in [-0.1, -0.05) is 0 Å². The number of nitrogens with zero attached hydrogens (tertiary/aromatic N) is 3. The van der Waals surface area contributed by atoms with E-state index in [-0.39, 0.29) is 11.8 Å². The molecule has 2 aromatic rings. The summed E-state index contributed by atoms with van der Waals surface area (Å²) < 4.78 is 0.904. The van der Waals surface area contributed by atoms with Gasteiger partial charge in [-0.15, -0.1) is 0 Å². The molecule has 0 saturated carbocycles. The van der Waals surface area contributed by atoms with Gasteiger partial charge in [0.15, 0.2) is 0 Å². The number of pyridine rings is 2. The Kier molecular flexibility index (Phi) is 3.80. The lowest BCUT2D eigenvalue weighted by molar-refractivity contribution is -0.122. The number of anilines is 1. The van der Waals surface area contributed by atoms with E-state index in [4.69, 9.17) is 5.73 Å². The van der Waals surface area contributed by atoms with Crippen molar-refractivity contribution in [3.05, 3.63) is 29.0 Å². The molecule has 6 heteroatoms. The Bertz CT molecular complexity index is 690. The van der Waals surface area contributed by atoms with Crippen molar-refractivity contribution < 1.29 is 4.79 Å². The van der Waals surface area contributed by atoms with Crippen LogP contribution < -0.4 is 10.6 Å². The average molecular weight is 349 g/mol. The molecule has 3 rings (SSSR count). The number of carbonyl (C=O) groups excluding carboxylic acids is 1. The third-order valence-corrected chi connectivity index (χ3v) is 4.55. The SMILES string of the molecule is CC1CCC(C(N)=O)CN1c1ccnc2cc(Br)cnc12. The van der Waals surface area contributed by atoms with Crippen molar-refractivity contribution in [2.75, 3.05) is 11.4 Å². The van der Waals surface area contributed by atoms with E-state index in [1.54, 1.807) is 12.4 Å². The standard InChI is InChI=1S/C15H17BrN4O/c1-9-2-3-10(15(17)21)8-20(9)13-4-5-18-12-6-11(16)7-19-14(12)13/h4-7,9-10H,2-3,8H2,1H3,(H2,17,21). The molecule has 0 aliphatic carbocycles. The van der Waals surface area contributed by atoms with Crippen molar-refractivity contribution in [1.82, 2.24) is 9.97 Å². The second-order valence-electron chi connectivity index (χ2n) is 5.53. The number of piperidine rings is 1. The molecule has 21 heavy (non-hydrogen) atoms. The van der Waals surface area contributed by atoms with E-state index >= 15 is 0 Å². The van der Waals surface area contributed by atoms with Gasteiger partial charge >= 0.3 is 0 Å². The monoisotopic (exact) mass is 348 g/mol. The van der Waals surface area contributed by atoms with E-state index in [1.165, 1.54) is 0 Å². The topological polar surface area (TPSA) is 72.1 Å². The molecule has 0 spiro atoms. The van der Waals surface area contributed by atoms with E-state index in [1.807, 2.05) is 12.1 Å². The Morgan fingerprint density at radius 2 is 2.24 bits per heavy atom. The number of primary amides is 1. The molecule has 0 radical (unpaired) electrons. The predicted molar refractivity (Wildman–Crippen MR) is 86.0 cm³/mol. The molecule has 1 aliphatic heterocycles. The first kappa shape index (κ1) is 14.3. The maximum Gasteiger partial charge on any atom is 0.222 e. The van der Waals surface area contributed by atoms with Crippen molar-refractivity contribution in [3.63, 3.8) is 0 Å². The first-order valence-corrected chi connectivity index (χ1v) is 7.82. The molecule has 5 nitrogen and oxygen atoms in total. The van der Waals surface area contributed by atoms with Crippen LogP contribution in [0.1, 0.15) is 19.8 Å². The van der Waals surface area contributed by atoms with Crippen LogP contribution in [-0.4, -0.2) is 28.5 Å². The molecular formula is C15H17BrN4O. The number of halogens is 1. The highest BCUT2D eigenvalue weighted by Gasteiger charge is 2.29. The van der Waals surface area contributed by atoms with Crippen molar-refractivity contribution >= 4 is 38.6 Å². The first-order chi connectivity index (χ1) is 10.1. The summed E-state index contributed by atoms with van der Waals surface area (Å²) in [6.07, 6.45) is 5.36. The Hall–Kier alpha value is -1.69. The van der Waals surface area contributed by atoms with Crippen LogP contribution in [0.2, 0.25) is 0 Å². The lowest BCUT2D eigenvalue weighted by Gasteiger charge is -2.38. The van der Waals surface area contributed by atoms with Crippen LogP contribution >= 0.6 is 15.9 Å². The van der Waals surface area contributed by atoms with Gasteiger partial charge in [-0.05, 0) is 47.8 Å². The summed E-state index contributed by atoms with van der Waals surface area (Å²) in [7, 11) is 0. The number of nitrogens with two attached hydrogens (primary N) is 1. The maximum absolute atomic E-state index is 11.5. The van der Waals surface area contributed by atoms with Crippen LogP contribution in [-0.2, 0) is 4.79 Å². The molecule has 1 saturated heterocycles. The number of fused-ring (bicyclic) bond motifs is 1. The van der Waals surface area contributed by atoms with Crippen molar-refractivity contribution in [2.24, 2.45) is 11.7 Å². The van der Waals surface area contributed by atoms with Crippen LogP contribution in [0.5, 0.6) is 0 Å². The average Bonchev–Trinajstić information content (AvgIpc) is 2.46. The van der Waals surface area contributed by atoms with Gasteiger partial charge in [0.2, 0.25) is 5.91 Å². The Morgan fingerprint density at radius 3 is 3.00 bits per heavy atom. The molecule has 3 heterocycles. The predicted octanol–water partition coefficient (Wildman–Crippen LogP) is 2.48. The largest absolute Gasteiger partial charge is 0.369 e. The summed E-state index contributed by atoms with van der Waals surface area (Å²) in [6.45, 7) is 2.82. The van der Waals surface area contributed by atoms with E-state index in [0.717, 1.165) is 34.0 Å². The van der Waals surface area contributed by atoms with Gasteiger partial charge in [-0.3, -0.25) is 14.8 Å². The summed E-state index contributed by atoms with van der Waals surface area (Å²) in [5, 5.41) is 0. The molecule has 2 unspecified atom stereocenters. The van der Waals surface area contributed by atoms with Crippen molar-refractivity contribution in [2.45, 2.75) is 25.8 Å². The zero-order valence-electron chi connectivity index (χ0n) is 11.8. The molecule has 0 aromatic carbocycles. The summed E-state index contributed by atoms with van der Waals surface area (Å²) >= 11 is 3.42. The van der Waals surface area contributed by atoms with Crippen LogP contribution in [0.3, 0.4) is 0 Å².